The topological polar surface area (TPSA) is 163 Å². The molecule has 11 nitrogen and oxygen atoms in total. The van der Waals surface area contributed by atoms with E-state index in [0.29, 0.717) is 5.56 Å². The minimum atomic E-state index is -1.10. The molecule has 1 aliphatic heterocycles. The molecule has 2 rings (SSSR count). The molecule has 0 spiro atoms. The van der Waals surface area contributed by atoms with E-state index in [1.807, 2.05) is 0 Å². The summed E-state index contributed by atoms with van der Waals surface area (Å²) in [7, 11) is 0. The van der Waals surface area contributed by atoms with Crippen LogP contribution in [-0.4, -0.2) is 44.4 Å². The number of amidine groups is 1. The second-order valence-corrected chi connectivity index (χ2v) is 6.25. The molecule has 2 amide bonds. The molecule has 1 saturated heterocycles. The van der Waals surface area contributed by atoms with Gasteiger partial charge < -0.3 is 15.7 Å². The number of nitrogens with one attached hydrogen (secondary N) is 2. The lowest BCUT2D eigenvalue weighted by Gasteiger charge is -2.03. The molecule has 1 atom stereocenters. The average Bonchev–Trinajstić information content (AvgIpc) is 2.87. The van der Waals surface area contributed by atoms with Gasteiger partial charge in [-0.1, -0.05) is 17.8 Å². The summed E-state index contributed by atoms with van der Waals surface area (Å²) >= 11 is 0.939. The molecule has 0 radical (unpaired) electrons. The van der Waals surface area contributed by atoms with Crippen LogP contribution < -0.4 is 10.6 Å². The first-order valence-electron chi connectivity index (χ1n) is 7.12. The Morgan fingerprint density at radius 1 is 1.50 bits per heavy atom. The number of thioether (sulfide) groups is 1. The second kappa shape index (κ2) is 8.20. The van der Waals surface area contributed by atoms with E-state index in [1.165, 1.54) is 31.3 Å². The summed E-state index contributed by atoms with van der Waals surface area (Å²) in [4.78, 5) is 43.7. The summed E-state index contributed by atoms with van der Waals surface area (Å²) in [5.74, 6) is -2.01. The molecule has 0 saturated carbocycles. The van der Waals surface area contributed by atoms with Gasteiger partial charge in [-0.3, -0.25) is 24.5 Å². The molecule has 26 heavy (non-hydrogen) atoms. The number of carboxylic acid groups (broad SMARTS) is 1. The number of nitro groups is 1. The Bertz CT molecular complexity index is 837. The second-order valence-electron chi connectivity index (χ2n) is 5.06. The van der Waals surface area contributed by atoms with E-state index in [0.717, 1.165) is 11.8 Å². The van der Waals surface area contributed by atoms with Crippen molar-refractivity contribution in [2.45, 2.75) is 18.6 Å². The van der Waals surface area contributed by atoms with E-state index in [-0.39, 0.29) is 23.0 Å². The summed E-state index contributed by atoms with van der Waals surface area (Å²) in [6.07, 6.45) is 0.894. The van der Waals surface area contributed by atoms with Crippen LogP contribution in [0.1, 0.15) is 18.9 Å². The van der Waals surface area contributed by atoms with Crippen LogP contribution in [0.2, 0.25) is 0 Å². The molecule has 0 aromatic heterocycles. The number of anilines is 1. The number of rotatable bonds is 6. The molecular formula is C14H13N5O6S. The van der Waals surface area contributed by atoms with Gasteiger partial charge in [0.1, 0.15) is 10.9 Å². The SMILES string of the molecule is CC(=O)Nc1ccc(C=NN=C2NC(=O)C(CC(=O)O)S2)cc1[N+](=O)[O-]. The number of amides is 2. The van der Waals surface area contributed by atoms with Crippen molar-refractivity contribution in [3.63, 3.8) is 0 Å². The predicted octanol–water partition coefficient (Wildman–Crippen LogP) is 0.949. The van der Waals surface area contributed by atoms with Crippen LogP contribution in [0.4, 0.5) is 11.4 Å². The molecule has 1 aromatic rings. The van der Waals surface area contributed by atoms with Gasteiger partial charge in [-0.15, -0.1) is 5.10 Å². The summed E-state index contributed by atoms with van der Waals surface area (Å²) in [6.45, 7) is 1.24. The molecule has 0 bridgehead atoms. The number of nitrogens with zero attached hydrogens (tertiary/aromatic N) is 3. The lowest BCUT2D eigenvalue weighted by atomic mass is 10.2. The third-order valence-corrected chi connectivity index (χ3v) is 4.09. The van der Waals surface area contributed by atoms with Gasteiger partial charge in [0.05, 0.1) is 17.6 Å². The summed E-state index contributed by atoms with van der Waals surface area (Å²) in [6, 6.07) is 4.07. The van der Waals surface area contributed by atoms with Gasteiger partial charge in [0.15, 0.2) is 5.17 Å². The number of aliphatic carboxylic acids is 1. The van der Waals surface area contributed by atoms with Crippen LogP contribution in [0.15, 0.2) is 28.4 Å². The van der Waals surface area contributed by atoms with Crippen molar-refractivity contribution in [1.29, 1.82) is 0 Å². The Kier molecular flexibility index (Phi) is 6.01. The normalized spacial score (nSPS) is 18.1. The quantitative estimate of drug-likeness (QED) is 0.376. The number of hydrogen-bond acceptors (Lipinski definition) is 8. The summed E-state index contributed by atoms with van der Waals surface area (Å²) in [5.41, 5.74) is 0.106. The van der Waals surface area contributed by atoms with E-state index >= 15 is 0 Å². The van der Waals surface area contributed by atoms with Gasteiger partial charge >= 0.3 is 5.97 Å². The number of carbonyl (C=O) groups is 3. The van der Waals surface area contributed by atoms with Crippen molar-refractivity contribution >= 4 is 52.3 Å². The van der Waals surface area contributed by atoms with Gasteiger partial charge in [0, 0.05) is 18.6 Å². The number of carboxylic acids is 1. The van der Waals surface area contributed by atoms with E-state index in [9.17, 15) is 24.5 Å². The zero-order chi connectivity index (χ0) is 19.3. The van der Waals surface area contributed by atoms with E-state index in [4.69, 9.17) is 5.11 Å². The van der Waals surface area contributed by atoms with Crippen molar-refractivity contribution < 1.29 is 24.4 Å². The van der Waals surface area contributed by atoms with Gasteiger partial charge in [-0.25, -0.2) is 0 Å². The number of carbonyl (C=O) groups excluding carboxylic acids is 2. The van der Waals surface area contributed by atoms with Crippen molar-refractivity contribution in [2.75, 3.05) is 5.32 Å². The van der Waals surface area contributed by atoms with Crippen LogP contribution in [0.3, 0.4) is 0 Å². The maximum absolute atomic E-state index is 11.6. The monoisotopic (exact) mass is 379 g/mol. The van der Waals surface area contributed by atoms with Crippen LogP contribution in [0.5, 0.6) is 0 Å². The Morgan fingerprint density at radius 2 is 2.23 bits per heavy atom. The Hall–Kier alpha value is -3.28. The van der Waals surface area contributed by atoms with Gasteiger partial charge in [0.25, 0.3) is 5.69 Å². The fraction of sp³-hybridized carbons (Fsp3) is 0.214. The van der Waals surface area contributed by atoms with Crippen molar-refractivity contribution in [1.82, 2.24) is 5.32 Å². The third-order valence-electron chi connectivity index (χ3n) is 3.02. The highest BCUT2D eigenvalue weighted by Crippen LogP contribution is 2.25. The van der Waals surface area contributed by atoms with Crippen molar-refractivity contribution in [3.8, 4) is 0 Å². The standard InChI is InChI=1S/C14H13N5O6S/c1-7(20)16-9-3-2-8(4-10(9)19(24)25)6-15-18-14-17-13(23)11(26-14)5-12(21)22/h2-4,6,11H,5H2,1H3,(H,16,20)(H,21,22)(H,17,18,23). The minimum absolute atomic E-state index is 0.0566. The number of hydrogen-bond donors (Lipinski definition) is 3. The molecular weight excluding hydrogens is 366 g/mol. The van der Waals surface area contributed by atoms with Crippen LogP contribution >= 0.6 is 11.8 Å². The third kappa shape index (κ3) is 5.11. The highest BCUT2D eigenvalue weighted by Gasteiger charge is 2.32. The predicted molar refractivity (Wildman–Crippen MR) is 94.2 cm³/mol. The van der Waals surface area contributed by atoms with Crippen LogP contribution in [-0.2, 0) is 14.4 Å². The van der Waals surface area contributed by atoms with Crippen molar-refractivity contribution in [2.24, 2.45) is 10.2 Å². The Balaban J connectivity index is 2.12. The van der Waals surface area contributed by atoms with Crippen molar-refractivity contribution in [3.05, 3.63) is 33.9 Å². The minimum Gasteiger partial charge on any atom is -0.481 e. The van der Waals surface area contributed by atoms with Gasteiger partial charge in [-0.05, 0) is 6.07 Å². The molecule has 1 unspecified atom stereocenters. The molecule has 136 valence electrons. The molecule has 1 aliphatic rings. The first-order valence-corrected chi connectivity index (χ1v) is 8.00. The average molecular weight is 379 g/mol. The highest BCUT2D eigenvalue weighted by atomic mass is 32.2. The zero-order valence-electron chi connectivity index (χ0n) is 13.3. The molecule has 12 heteroatoms. The molecule has 3 N–H and O–H groups in total. The molecule has 0 aliphatic carbocycles. The fourth-order valence-corrected chi connectivity index (χ4v) is 2.88. The Labute approximate surface area is 150 Å². The lowest BCUT2D eigenvalue weighted by molar-refractivity contribution is -0.383. The molecule has 1 aromatic carbocycles. The maximum atomic E-state index is 11.6. The van der Waals surface area contributed by atoms with E-state index in [2.05, 4.69) is 20.8 Å². The van der Waals surface area contributed by atoms with Gasteiger partial charge in [0.2, 0.25) is 11.8 Å². The van der Waals surface area contributed by atoms with E-state index < -0.39 is 28.0 Å². The van der Waals surface area contributed by atoms with E-state index in [1.54, 1.807) is 0 Å². The zero-order valence-corrected chi connectivity index (χ0v) is 14.1. The summed E-state index contributed by atoms with van der Waals surface area (Å²) in [5, 5.41) is 31.4. The maximum Gasteiger partial charge on any atom is 0.305 e. The Morgan fingerprint density at radius 3 is 2.85 bits per heavy atom. The van der Waals surface area contributed by atoms with Gasteiger partial charge in [-0.2, -0.15) is 5.10 Å². The molecule has 1 fully saturated rings. The first-order chi connectivity index (χ1) is 12.3. The fourth-order valence-electron chi connectivity index (χ4n) is 1.97. The van der Waals surface area contributed by atoms with Crippen LogP contribution in [0.25, 0.3) is 0 Å². The highest BCUT2D eigenvalue weighted by molar-refractivity contribution is 8.15. The largest absolute Gasteiger partial charge is 0.481 e. The van der Waals surface area contributed by atoms with Crippen LogP contribution in [0, 0.1) is 10.1 Å². The smallest absolute Gasteiger partial charge is 0.305 e. The number of benzene rings is 1. The molecule has 1 heterocycles. The summed E-state index contributed by atoms with van der Waals surface area (Å²) < 4.78 is 0. The number of nitro benzene ring substituents is 1. The lowest BCUT2D eigenvalue weighted by Crippen LogP contribution is -2.26. The first kappa shape index (κ1) is 19.1.